The Bertz CT molecular complexity index is 2040. The van der Waals surface area contributed by atoms with E-state index < -0.39 is 23.1 Å². The Morgan fingerprint density at radius 2 is 0.967 bits per heavy atom. The van der Waals surface area contributed by atoms with Gasteiger partial charge in [0.15, 0.2) is 11.2 Å². The molecule has 0 saturated carbocycles. The lowest BCUT2D eigenvalue weighted by Crippen LogP contribution is -3.15. The molecule has 0 aliphatic carbocycles. The number of likely N-dealkylation sites (tertiary alicyclic amines) is 2. The number of quaternary nitrogens is 2. The second-order valence-corrected chi connectivity index (χ2v) is 17.0. The molecule has 4 aromatic rings. The van der Waals surface area contributed by atoms with Crippen LogP contribution in [0.4, 0.5) is 11.4 Å². The summed E-state index contributed by atoms with van der Waals surface area (Å²) in [6, 6.07) is 27.2. The first kappa shape index (κ1) is 44.2. The standard InChI is InChI=1S/C18H18O6.2C15H20N2O/c1-11-3-7-13(8-4-11)17(23,15(19)20)18(24,16(21)22)14-9-5-12(2)6-10-14;2*1-2-9-17-10-5-8-15(11-17)12-6-3-4-7-13(12)16-14(15)18/h3-10,23-24H,1-2H3,(H,19,20)(H,21,22);2*3-4,6-7H,2,5,8-11H2,1H3,(H,16,18)/t17-,18-;2*15-/m011/s1. The Morgan fingerprint density at radius 1 is 0.617 bits per heavy atom. The molecule has 0 radical (unpaired) electrons. The highest BCUT2D eigenvalue weighted by atomic mass is 16.5. The summed E-state index contributed by atoms with van der Waals surface area (Å²) in [7, 11) is 0. The van der Waals surface area contributed by atoms with Crippen molar-refractivity contribution in [2.75, 3.05) is 49.9 Å². The van der Waals surface area contributed by atoms with Gasteiger partial charge in [-0.05, 0) is 86.8 Å². The fourth-order valence-electron chi connectivity index (χ4n) is 9.75. The zero-order valence-electron chi connectivity index (χ0n) is 35.1. The number of benzene rings is 4. The Balaban J connectivity index is 0.000000153. The molecule has 4 aliphatic heterocycles. The van der Waals surface area contributed by atoms with Gasteiger partial charge >= 0.3 is 0 Å². The maximum absolute atomic E-state index is 12.4. The Hall–Kier alpha value is -5.40. The highest BCUT2D eigenvalue weighted by Crippen LogP contribution is 2.43. The molecule has 12 heteroatoms. The van der Waals surface area contributed by atoms with E-state index in [1.165, 1.54) is 98.7 Å². The molecule has 4 aliphatic rings. The number of carbonyl (C=O) groups is 4. The molecule has 0 aromatic heterocycles. The molecule has 2 fully saturated rings. The van der Waals surface area contributed by atoms with E-state index in [1.54, 1.807) is 23.6 Å². The molecule has 2 saturated heterocycles. The monoisotopic (exact) mass is 818 g/mol. The van der Waals surface area contributed by atoms with E-state index in [4.69, 9.17) is 0 Å². The molecule has 4 aromatic carbocycles. The molecule has 2 spiro atoms. The molecule has 2 amide bonds. The first-order chi connectivity index (χ1) is 28.7. The van der Waals surface area contributed by atoms with E-state index in [0.717, 1.165) is 61.3 Å². The Kier molecular flexibility index (Phi) is 13.3. The summed E-state index contributed by atoms with van der Waals surface area (Å²) >= 11 is 0. The zero-order valence-corrected chi connectivity index (χ0v) is 35.1. The van der Waals surface area contributed by atoms with Gasteiger partial charge in [-0.15, -0.1) is 0 Å². The van der Waals surface area contributed by atoms with Crippen molar-refractivity contribution < 1.29 is 49.4 Å². The van der Waals surface area contributed by atoms with Crippen LogP contribution < -0.4 is 30.6 Å². The number of carboxylic acids is 2. The number of piperidine rings is 2. The van der Waals surface area contributed by atoms with Crippen LogP contribution in [0.1, 0.15) is 85.8 Å². The smallest absolute Gasteiger partial charge is 0.240 e. The largest absolute Gasteiger partial charge is 0.546 e. The number of hydrogen-bond donors (Lipinski definition) is 6. The molecule has 0 bridgehead atoms. The van der Waals surface area contributed by atoms with E-state index in [1.807, 2.05) is 24.3 Å². The number of aliphatic carboxylic acids is 2. The molecular formula is C48H58N4O8. The minimum absolute atomic E-state index is 0.219. The predicted octanol–water partition coefficient (Wildman–Crippen LogP) is 0.809. The molecule has 2 unspecified atom stereocenters. The van der Waals surface area contributed by atoms with Crippen molar-refractivity contribution in [1.29, 1.82) is 0 Å². The molecule has 6 N–H and O–H groups in total. The third-order valence-corrected chi connectivity index (χ3v) is 12.9. The average Bonchev–Trinajstić information content (AvgIpc) is 3.66. The lowest BCUT2D eigenvalue weighted by molar-refractivity contribution is -0.908. The van der Waals surface area contributed by atoms with E-state index in [9.17, 15) is 39.6 Å². The van der Waals surface area contributed by atoms with Gasteiger partial charge in [-0.1, -0.05) is 110 Å². The zero-order chi connectivity index (χ0) is 43.3. The van der Waals surface area contributed by atoms with Gasteiger partial charge in [0, 0.05) is 11.4 Å². The third-order valence-electron chi connectivity index (χ3n) is 12.9. The summed E-state index contributed by atoms with van der Waals surface area (Å²) in [4.78, 5) is 51.4. The summed E-state index contributed by atoms with van der Waals surface area (Å²) in [5, 5.41) is 51.0. The highest BCUT2D eigenvalue weighted by molar-refractivity contribution is 6.07. The number of rotatable bonds is 9. The maximum atomic E-state index is 12.4. The van der Waals surface area contributed by atoms with Crippen molar-refractivity contribution in [3.8, 4) is 0 Å². The number of nitrogens with one attached hydrogen (secondary N) is 4. The third kappa shape index (κ3) is 8.09. The lowest BCUT2D eigenvalue weighted by atomic mass is 9.73. The topological polar surface area (TPSA) is 188 Å². The Labute approximate surface area is 352 Å². The number of hydrogen-bond acceptors (Lipinski definition) is 8. The van der Waals surface area contributed by atoms with E-state index in [0.29, 0.717) is 0 Å². The van der Waals surface area contributed by atoms with Crippen molar-refractivity contribution in [1.82, 2.24) is 0 Å². The number of amides is 2. The number of para-hydroxylation sites is 2. The highest BCUT2D eigenvalue weighted by Gasteiger charge is 2.55. The van der Waals surface area contributed by atoms with Gasteiger partial charge in [-0.3, -0.25) is 9.59 Å². The minimum Gasteiger partial charge on any atom is -0.546 e. The van der Waals surface area contributed by atoms with Crippen LogP contribution in [0.15, 0.2) is 97.1 Å². The van der Waals surface area contributed by atoms with Crippen LogP contribution >= 0.6 is 0 Å². The van der Waals surface area contributed by atoms with Gasteiger partial charge in [0.1, 0.15) is 10.8 Å². The van der Waals surface area contributed by atoms with Gasteiger partial charge in [-0.25, -0.2) is 0 Å². The van der Waals surface area contributed by atoms with Crippen molar-refractivity contribution in [3.05, 3.63) is 130 Å². The molecule has 318 valence electrons. The molecule has 12 nitrogen and oxygen atoms in total. The van der Waals surface area contributed by atoms with Crippen LogP contribution in [0.3, 0.4) is 0 Å². The van der Waals surface area contributed by atoms with Gasteiger partial charge in [0.2, 0.25) is 11.8 Å². The van der Waals surface area contributed by atoms with E-state index in [2.05, 4.69) is 48.7 Å². The Morgan fingerprint density at radius 3 is 1.30 bits per heavy atom. The molecule has 6 atom stereocenters. The van der Waals surface area contributed by atoms with Crippen LogP contribution in [-0.2, 0) is 41.2 Å². The van der Waals surface area contributed by atoms with Gasteiger partial charge in [0.05, 0.1) is 51.2 Å². The fourth-order valence-corrected chi connectivity index (χ4v) is 9.75. The fraction of sp³-hybridized carbons (Fsp3) is 0.417. The molecular weight excluding hydrogens is 761 g/mol. The average molecular weight is 819 g/mol. The number of aliphatic hydroxyl groups is 2. The lowest BCUT2D eigenvalue weighted by Gasteiger charge is -2.45. The normalized spacial score (nSPS) is 24.6. The van der Waals surface area contributed by atoms with Crippen molar-refractivity contribution in [2.24, 2.45) is 0 Å². The first-order valence-corrected chi connectivity index (χ1v) is 21.2. The molecule has 8 rings (SSSR count). The minimum atomic E-state index is -3.24. The summed E-state index contributed by atoms with van der Waals surface area (Å²) in [6.07, 6.45) is 6.68. The SMILES string of the molecule is CCC[NH+]1CCC[C@]2(C1)C(=O)Nc1ccccc12.CCC[NH+]1CCC[C@]2(C1)C(=O)Nc1ccccc12.Cc1ccc([C@](O)(C(=O)[O-])[C@@](O)(C(=O)[O-])c2ccc(C)cc2)cc1. The summed E-state index contributed by atoms with van der Waals surface area (Å²) in [5.74, 6) is -3.87. The second kappa shape index (κ2) is 18.1. The van der Waals surface area contributed by atoms with Gasteiger partial charge in [-0.2, -0.15) is 0 Å². The number of carboxylic acid groups (broad SMARTS) is 2. The summed E-state index contributed by atoms with van der Waals surface area (Å²) < 4.78 is 0. The van der Waals surface area contributed by atoms with Crippen LogP contribution in [0, 0.1) is 13.8 Å². The molecule has 60 heavy (non-hydrogen) atoms. The van der Waals surface area contributed by atoms with Crippen LogP contribution in [0.25, 0.3) is 0 Å². The van der Waals surface area contributed by atoms with Crippen LogP contribution in [-0.4, -0.2) is 73.2 Å². The predicted molar refractivity (Wildman–Crippen MR) is 224 cm³/mol. The number of anilines is 2. The number of aryl methyl sites for hydroxylation is 2. The van der Waals surface area contributed by atoms with E-state index in [-0.39, 0.29) is 33.8 Å². The van der Waals surface area contributed by atoms with Crippen molar-refractivity contribution in [2.45, 2.75) is 88.3 Å². The maximum Gasteiger partial charge on any atom is 0.240 e. The van der Waals surface area contributed by atoms with Crippen molar-refractivity contribution in [3.63, 3.8) is 0 Å². The van der Waals surface area contributed by atoms with Gasteiger partial charge < -0.3 is 50.4 Å². The first-order valence-electron chi connectivity index (χ1n) is 21.2. The second-order valence-electron chi connectivity index (χ2n) is 17.0. The van der Waals surface area contributed by atoms with Gasteiger partial charge in [0.25, 0.3) is 0 Å². The number of carbonyl (C=O) groups excluding carboxylic acids is 4. The summed E-state index contributed by atoms with van der Waals surface area (Å²) in [6.45, 7) is 14.6. The number of fused-ring (bicyclic) bond motifs is 4. The molecule has 4 heterocycles. The van der Waals surface area contributed by atoms with Crippen molar-refractivity contribution >= 4 is 35.1 Å². The van der Waals surface area contributed by atoms with Crippen LogP contribution in [0.5, 0.6) is 0 Å². The van der Waals surface area contributed by atoms with Crippen LogP contribution in [0.2, 0.25) is 0 Å². The van der Waals surface area contributed by atoms with E-state index >= 15 is 0 Å². The summed E-state index contributed by atoms with van der Waals surface area (Å²) in [5.41, 5.74) is -1.63. The quantitative estimate of drug-likeness (QED) is 0.143.